The predicted molar refractivity (Wildman–Crippen MR) is 112 cm³/mol. The van der Waals surface area contributed by atoms with E-state index >= 15 is 0 Å². The second-order valence-corrected chi connectivity index (χ2v) is 9.01. The van der Waals surface area contributed by atoms with Crippen molar-refractivity contribution in [3.8, 4) is 5.69 Å². The SMILES string of the molecule is O=c1nc2n(c3c(Cl)cccc13)-c1cc(C3CCNCC3)ccc1C21CC(F)C1. The number of nitrogens with zero attached hydrogens (tertiary/aromatic N) is 2. The van der Waals surface area contributed by atoms with Crippen molar-refractivity contribution in [2.45, 2.75) is 43.2 Å². The van der Waals surface area contributed by atoms with E-state index in [1.165, 1.54) is 5.56 Å². The van der Waals surface area contributed by atoms with Gasteiger partial charge < -0.3 is 5.32 Å². The molecule has 1 spiro atoms. The smallest absolute Gasteiger partial charge is 0.280 e. The molecule has 148 valence electrons. The Morgan fingerprint density at radius 3 is 2.72 bits per heavy atom. The average Bonchev–Trinajstić information content (AvgIpc) is 2.99. The molecular weight excluding hydrogens is 389 g/mol. The van der Waals surface area contributed by atoms with Gasteiger partial charge in [-0.25, -0.2) is 4.39 Å². The minimum atomic E-state index is -0.864. The number of hydrogen-bond donors (Lipinski definition) is 1. The first-order valence-electron chi connectivity index (χ1n) is 10.3. The Balaban J connectivity index is 1.65. The number of aromatic nitrogens is 2. The molecule has 2 fully saturated rings. The van der Waals surface area contributed by atoms with E-state index in [0.29, 0.717) is 40.5 Å². The summed E-state index contributed by atoms with van der Waals surface area (Å²) in [5, 5.41) is 4.45. The molecule has 6 rings (SSSR count). The monoisotopic (exact) mass is 409 g/mol. The van der Waals surface area contributed by atoms with Crippen molar-refractivity contribution in [3.63, 3.8) is 0 Å². The van der Waals surface area contributed by atoms with Gasteiger partial charge in [-0.3, -0.25) is 9.36 Å². The van der Waals surface area contributed by atoms with Crippen molar-refractivity contribution in [2.24, 2.45) is 0 Å². The molecule has 4 nitrogen and oxygen atoms in total. The van der Waals surface area contributed by atoms with E-state index in [4.69, 9.17) is 11.6 Å². The number of nitrogens with one attached hydrogen (secondary N) is 1. The Morgan fingerprint density at radius 1 is 1.17 bits per heavy atom. The van der Waals surface area contributed by atoms with Crippen LogP contribution in [0.5, 0.6) is 0 Å². The fourth-order valence-corrected chi connectivity index (χ4v) is 5.81. The van der Waals surface area contributed by atoms with Crippen molar-refractivity contribution in [2.75, 3.05) is 13.1 Å². The van der Waals surface area contributed by atoms with Gasteiger partial charge in [0.05, 0.1) is 27.0 Å². The second-order valence-electron chi connectivity index (χ2n) is 8.60. The summed E-state index contributed by atoms with van der Waals surface area (Å²) in [5.74, 6) is 1.15. The van der Waals surface area contributed by atoms with E-state index in [1.54, 1.807) is 18.2 Å². The molecule has 3 aromatic rings. The molecule has 0 amide bonds. The first-order chi connectivity index (χ1) is 14.1. The maximum Gasteiger partial charge on any atom is 0.280 e. The fraction of sp³-hybridized carbons (Fsp3) is 0.391. The lowest BCUT2D eigenvalue weighted by Gasteiger charge is -2.41. The van der Waals surface area contributed by atoms with E-state index in [1.807, 2.05) is 4.57 Å². The van der Waals surface area contributed by atoms with Crippen molar-refractivity contribution in [1.29, 1.82) is 0 Å². The molecule has 3 aliphatic rings. The molecule has 1 N–H and O–H groups in total. The maximum absolute atomic E-state index is 14.1. The molecule has 0 bridgehead atoms. The number of piperidine rings is 1. The van der Waals surface area contributed by atoms with Gasteiger partial charge in [-0.15, -0.1) is 0 Å². The molecule has 2 aromatic carbocycles. The number of benzene rings is 2. The quantitative estimate of drug-likeness (QED) is 0.654. The standard InChI is InChI=1S/C23H21ClFN3O/c24-18-3-1-2-16-20(18)28-19-10-14(13-6-8-26-9-7-13)4-5-17(19)23(11-15(25)12-23)22(28)27-21(16)29/h1-5,10,13,15,26H,6-9,11-12H2. The normalized spacial score (nSPS) is 25.8. The molecule has 1 saturated heterocycles. The summed E-state index contributed by atoms with van der Waals surface area (Å²) in [5.41, 5.74) is 3.25. The number of alkyl halides is 1. The van der Waals surface area contributed by atoms with Gasteiger partial charge in [-0.1, -0.05) is 29.8 Å². The van der Waals surface area contributed by atoms with Crippen molar-refractivity contribution < 1.29 is 4.39 Å². The highest BCUT2D eigenvalue weighted by Crippen LogP contribution is 2.56. The molecule has 3 heterocycles. The van der Waals surface area contributed by atoms with E-state index < -0.39 is 11.6 Å². The first-order valence-corrected chi connectivity index (χ1v) is 10.7. The average molecular weight is 410 g/mol. The Labute approximate surface area is 172 Å². The lowest BCUT2D eigenvalue weighted by molar-refractivity contribution is 0.121. The number of halogens is 2. The van der Waals surface area contributed by atoms with Crippen LogP contribution in [0.1, 0.15) is 48.6 Å². The Bertz CT molecular complexity index is 1210. The number of para-hydroxylation sites is 1. The highest BCUT2D eigenvalue weighted by Gasteiger charge is 2.55. The minimum Gasteiger partial charge on any atom is -0.317 e. The van der Waals surface area contributed by atoms with Gasteiger partial charge in [0.15, 0.2) is 0 Å². The summed E-state index contributed by atoms with van der Waals surface area (Å²) in [7, 11) is 0. The van der Waals surface area contributed by atoms with Crippen molar-refractivity contribution in [3.05, 3.63) is 68.7 Å². The first kappa shape index (κ1) is 17.6. The van der Waals surface area contributed by atoms with Crippen LogP contribution in [0.15, 0.2) is 41.2 Å². The van der Waals surface area contributed by atoms with Crippen LogP contribution in [0.25, 0.3) is 16.6 Å². The summed E-state index contributed by atoms with van der Waals surface area (Å²) < 4.78 is 16.2. The molecule has 6 heteroatoms. The topological polar surface area (TPSA) is 46.9 Å². The van der Waals surface area contributed by atoms with Crippen molar-refractivity contribution >= 4 is 22.5 Å². The van der Waals surface area contributed by atoms with Gasteiger partial charge in [-0.05, 0) is 74.0 Å². The van der Waals surface area contributed by atoms with Crippen LogP contribution in [0.2, 0.25) is 5.02 Å². The van der Waals surface area contributed by atoms with Gasteiger partial charge in [-0.2, -0.15) is 4.98 Å². The maximum atomic E-state index is 14.1. The van der Waals surface area contributed by atoms with Crippen molar-refractivity contribution in [1.82, 2.24) is 14.9 Å². The van der Waals surface area contributed by atoms with Gasteiger partial charge in [0, 0.05) is 0 Å². The zero-order chi connectivity index (χ0) is 19.8. The lowest BCUT2D eigenvalue weighted by atomic mass is 9.63. The fourth-order valence-electron chi connectivity index (χ4n) is 5.55. The van der Waals surface area contributed by atoms with E-state index in [0.717, 1.165) is 37.2 Å². The third-order valence-electron chi connectivity index (χ3n) is 7.02. The molecule has 1 aliphatic carbocycles. The number of hydrogen-bond acceptors (Lipinski definition) is 3. The minimum absolute atomic E-state index is 0.290. The summed E-state index contributed by atoms with van der Waals surface area (Å²) in [4.78, 5) is 17.2. The Morgan fingerprint density at radius 2 is 1.97 bits per heavy atom. The molecule has 0 atom stereocenters. The van der Waals surface area contributed by atoms with Crippen LogP contribution in [0.3, 0.4) is 0 Å². The molecule has 2 aliphatic heterocycles. The molecular formula is C23H21ClFN3O. The molecule has 1 aromatic heterocycles. The van der Waals surface area contributed by atoms with E-state index in [2.05, 4.69) is 28.5 Å². The zero-order valence-corrected chi connectivity index (χ0v) is 16.7. The third kappa shape index (κ3) is 2.34. The summed E-state index contributed by atoms with van der Waals surface area (Å²) in [6.45, 7) is 2.05. The van der Waals surface area contributed by atoms with E-state index in [-0.39, 0.29) is 5.56 Å². The third-order valence-corrected chi connectivity index (χ3v) is 7.32. The summed E-state index contributed by atoms with van der Waals surface area (Å²) in [6.07, 6.45) is 2.09. The van der Waals surface area contributed by atoms with Crippen LogP contribution in [-0.2, 0) is 5.41 Å². The summed E-state index contributed by atoms with van der Waals surface area (Å²) >= 11 is 6.58. The van der Waals surface area contributed by atoms with Gasteiger partial charge in [0.2, 0.25) is 0 Å². The van der Waals surface area contributed by atoms with Gasteiger partial charge in [0.25, 0.3) is 5.56 Å². The molecule has 29 heavy (non-hydrogen) atoms. The summed E-state index contributed by atoms with van der Waals surface area (Å²) in [6, 6.07) is 11.9. The second kappa shape index (κ2) is 6.13. The highest BCUT2D eigenvalue weighted by atomic mass is 35.5. The van der Waals surface area contributed by atoms with Gasteiger partial charge in [0.1, 0.15) is 12.0 Å². The van der Waals surface area contributed by atoms with Crippen LogP contribution in [0, 0.1) is 0 Å². The number of fused-ring (bicyclic) bond motifs is 7. The van der Waals surface area contributed by atoms with Crippen LogP contribution < -0.4 is 10.9 Å². The molecule has 0 unspecified atom stereocenters. The van der Waals surface area contributed by atoms with Gasteiger partial charge >= 0.3 is 0 Å². The van der Waals surface area contributed by atoms with E-state index in [9.17, 15) is 9.18 Å². The predicted octanol–water partition coefficient (Wildman–Crippen LogP) is 4.24. The van der Waals surface area contributed by atoms with Crippen LogP contribution >= 0.6 is 11.6 Å². The largest absolute Gasteiger partial charge is 0.317 e. The Hall–Kier alpha value is -2.24. The lowest BCUT2D eigenvalue weighted by Crippen LogP contribution is -2.44. The highest BCUT2D eigenvalue weighted by molar-refractivity contribution is 6.35. The van der Waals surface area contributed by atoms with Crippen LogP contribution in [0.4, 0.5) is 4.39 Å². The molecule has 1 saturated carbocycles. The zero-order valence-electron chi connectivity index (χ0n) is 15.9. The number of rotatable bonds is 1. The van der Waals surface area contributed by atoms with Crippen LogP contribution in [-0.4, -0.2) is 28.8 Å². The Kier molecular flexibility index (Phi) is 3.72. The molecule has 0 radical (unpaired) electrons.